The molecule has 0 saturated carbocycles. The highest BCUT2D eigenvalue weighted by Gasteiger charge is 2.25. The van der Waals surface area contributed by atoms with Crippen LogP contribution in [0.4, 0.5) is 0 Å². The molecule has 2 atom stereocenters. The Balaban J connectivity index is 2.43. The van der Waals surface area contributed by atoms with Crippen molar-refractivity contribution < 1.29 is 9.84 Å². The Kier molecular flexibility index (Phi) is 2.14. The third-order valence-electron chi connectivity index (χ3n) is 2.07. The Bertz CT molecular complexity index is 329. The van der Waals surface area contributed by atoms with E-state index in [4.69, 9.17) is 16.3 Å². The van der Waals surface area contributed by atoms with Gasteiger partial charge in [-0.05, 0) is 13.0 Å². The van der Waals surface area contributed by atoms with Crippen molar-refractivity contribution in [3.63, 3.8) is 0 Å². The Labute approximate surface area is 81.3 Å². The van der Waals surface area contributed by atoms with Crippen LogP contribution < -0.4 is 4.74 Å². The van der Waals surface area contributed by atoms with Gasteiger partial charge in [-0.3, -0.25) is 0 Å². The number of pyridine rings is 1. The number of fused-ring (bicyclic) bond motifs is 1. The van der Waals surface area contributed by atoms with Crippen LogP contribution in [0.2, 0.25) is 5.02 Å². The third kappa shape index (κ3) is 1.62. The first-order valence-electron chi connectivity index (χ1n) is 4.17. The molecule has 1 aliphatic heterocycles. The summed E-state index contributed by atoms with van der Waals surface area (Å²) in [4.78, 5) is 4.01. The van der Waals surface area contributed by atoms with E-state index in [1.165, 1.54) is 6.20 Å². The van der Waals surface area contributed by atoms with E-state index in [2.05, 4.69) is 4.98 Å². The number of rotatable bonds is 0. The molecule has 4 heteroatoms. The molecule has 0 bridgehead atoms. The van der Waals surface area contributed by atoms with Crippen LogP contribution in [0, 0.1) is 0 Å². The fourth-order valence-electron chi connectivity index (χ4n) is 1.46. The molecule has 2 rings (SSSR count). The first-order chi connectivity index (χ1) is 6.16. The summed E-state index contributed by atoms with van der Waals surface area (Å²) in [6, 6.07) is 1.69. The van der Waals surface area contributed by atoms with Gasteiger partial charge in [0.25, 0.3) is 0 Å². The van der Waals surface area contributed by atoms with Gasteiger partial charge in [-0.1, -0.05) is 11.6 Å². The van der Waals surface area contributed by atoms with E-state index < -0.39 is 6.10 Å². The standard InChI is InChI=1S/C9H10ClNO2/c1-5-2-8(12)7-3-6(10)4-11-9(7)13-5/h3-5,8,12H,2H2,1H3/t5-,8?/m1/s1. The molecule has 0 radical (unpaired) electrons. The van der Waals surface area contributed by atoms with Gasteiger partial charge < -0.3 is 9.84 Å². The number of aromatic nitrogens is 1. The van der Waals surface area contributed by atoms with Crippen molar-refractivity contribution in [1.82, 2.24) is 4.98 Å². The van der Waals surface area contributed by atoms with E-state index in [9.17, 15) is 5.11 Å². The van der Waals surface area contributed by atoms with Gasteiger partial charge in [0, 0.05) is 18.2 Å². The Hall–Kier alpha value is -0.800. The summed E-state index contributed by atoms with van der Waals surface area (Å²) in [6.07, 6.45) is 1.61. The summed E-state index contributed by atoms with van der Waals surface area (Å²) in [5.74, 6) is 0.496. The maximum Gasteiger partial charge on any atom is 0.219 e. The number of ether oxygens (including phenoxy) is 1. The van der Waals surface area contributed by atoms with Crippen molar-refractivity contribution in [3.8, 4) is 5.88 Å². The number of nitrogens with zero attached hydrogens (tertiary/aromatic N) is 1. The molecule has 13 heavy (non-hydrogen) atoms. The highest BCUT2D eigenvalue weighted by atomic mass is 35.5. The lowest BCUT2D eigenvalue weighted by Crippen LogP contribution is -2.23. The molecular formula is C9H10ClNO2. The zero-order valence-electron chi connectivity index (χ0n) is 7.20. The minimum Gasteiger partial charge on any atom is -0.474 e. The zero-order chi connectivity index (χ0) is 9.42. The first-order valence-corrected chi connectivity index (χ1v) is 4.55. The lowest BCUT2D eigenvalue weighted by atomic mass is 10.0. The summed E-state index contributed by atoms with van der Waals surface area (Å²) in [5, 5.41) is 10.2. The van der Waals surface area contributed by atoms with Gasteiger partial charge in [0.05, 0.1) is 11.1 Å². The smallest absolute Gasteiger partial charge is 0.219 e. The van der Waals surface area contributed by atoms with Crippen LogP contribution in [-0.4, -0.2) is 16.2 Å². The molecule has 0 aliphatic carbocycles. The molecule has 1 aliphatic rings. The van der Waals surface area contributed by atoms with Crippen LogP contribution in [0.25, 0.3) is 0 Å². The Morgan fingerprint density at radius 2 is 2.46 bits per heavy atom. The van der Waals surface area contributed by atoms with Crippen LogP contribution >= 0.6 is 11.6 Å². The maximum absolute atomic E-state index is 9.68. The van der Waals surface area contributed by atoms with Gasteiger partial charge in [-0.15, -0.1) is 0 Å². The molecule has 0 amide bonds. The zero-order valence-corrected chi connectivity index (χ0v) is 7.95. The minimum absolute atomic E-state index is 0.0103. The van der Waals surface area contributed by atoms with Crippen molar-refractivity contribution in [2.24, 2.45) is 0 Å². The summed E-state index contributed by atoms with van der Waals surface area (Å²) >= 11 is 5.75. The average molecular weight is 200 g/mol. The maximum atomic E-state index is 9.68. The predicted octanol–water partition coefficient (Wildman–Crippen LogP) is 1.94. The SMILES string of the molecule is C[C@@H]1CC(O)c2cc(Cl)cnc2O1. The third-order valence-corrected chi connectivity index (χ3v) is 2.28. The first kappa shape index (κ1) is 8.78. The second-order valence-corrected chi connectivity index (χ2v) is 3.66. The Morgan fingerprint density at radius 3 is 3.23 bits per heavy atom. The predicted molar refractivity (Wildman–Crippen MR) is 48.9 cm³/mol. The molecule has 1 aromatic rings. The monoisotopic (exact) mass is 199 g/mol. The molecule has 2 heterocycles. The summed E-state index contributed by atoms with van der Waals surface area (Å²) < 4.78 is 5.43. The van der Waals surface area contributed by atoms with Crippen LogP contribution in [0.1, 0.15) is 25.0 Å². The molecule has 1 N–H and O–H groups in total. The number of halogens is 1. The van der Waals surface area contributed by atoms with E-state index in [0.29, 0.717) is 22.9 Å². The molecule has 70 valence electrons. The average Bonchev–Trinajstić information content (AvgIpc) is 2.06. The highest BCUT2D eigenvalue weighted by Crippen LogP contribution is 2.34. The number of hydrogen-bond acceptors (Lipinski definition) is 3. The number of aliphatic hydroxyl groups excluding tert-OH is 1. The molecule has 0 fully saturated rings. The molecule has 3 nitrogen and oxygen atoms in total. The minimum atomic E-state index is -0.509. The van der Waals surface area contributed by atoms with Crippen LogP contribution in [-0.2, 0) is 0 Å². The molecule has 0 saturated heterocycles. The van der Waals surface area contributed by atoms with E-state index >= 15 is 0 Å². The van der Waals surface area contributed by atoms with E-state index in [0.717, 1.165) is 0 Å². The van der Waals surface area contributed by atoms with E-state index in [1.54, 1.807) is 6.07 Å². The number of aliphatic hydroxyl groups is 1. The van der Waals surface area contributed by atoms with Gasteiger partial charge in [0.1, 0.15) is 6.10 Å². The van der Waals surface area contributed by atoms with Gasteiger partial charge >= 0.3 is 0 Å². The molecule has 0 spiro atoms. The molecule has 1 aromatic heterocycles. The molecule has 1 unspecified atom stereocenters. The van der Waals surface area contributed by atoms with Gasteiger partial charge in [-0.2, -0.15) is 0 Å². The fraction of sp³-hybridized carbons (Fsp3) is 0.444. The fourth-order valence-corrected chi connectivity index (χ4v) is 1.63. The lowest BCUT2D eigenvalue weighted by Gasteiger charge is -2.26. The van der Waals surface area contributed by atoms with E-state index in [-0.39, 0.29) is 6.10 Å². The van der Waals surface area contributed by atoms with Gasteiger partial charge in [-0.25, -0.2) is 4.98 Å². The second kappa shape index (κ2) is 3.16. The van der Waals surface area contributed by atoms with Crippen LogP contribution in [0.15, 0.2) is 12.3 Å². The molecular weight excluding hydrogens is 190 g/mol. The van der Waals surface area contributed by atoms with Crippen molar-refractivity contribution in [1.29, 1.82) is 0 Å². The number of hydrogen-bond donors (Lipinski definition) is 1. The quantitative estimate of drug-likeness (QED) is 0.695. The van der Waals surface area contributed by atoms with E-state index in [1.807, 2.05) is 6.92 Å². The largest absolute Gasteiger partial charge is 0.474 e. The van der Waals surface area contributed by atoms with Crippen LogP contribution in [0.5, 0.6) is 5.88 Å². The van der Waals surface area contributed by atoms with Crippen LogP contribution in [0.3, 0.4) is 0 Å². The summed E-state index contributed by atoms with van der Waals surface area (Å²) in [6.45, 7) is 1.91. The molecule has 0 aromatic carbocycles. The van der Waals surface area contributed by atoms with Crippen molar-refractivity contribution in [2.75, 3.05) is 0 Å². The van der Waals surface area contributed by atoms with Gasteiger partial charge in [0.15, 0.2) is 0 Å². The lowest BCUT2D eigenvalue weighted by molar-refractivity contribution is 0.0708. The normalized spacial score (nSPS) is 26.4. The second-order valence-electron chi connectivity index (χ2n) is 3.23. The van der Waals surface area contributed by atoms with Crippen molar-refractivity contribution in [3.05, 3.63) is 22.8 Å². The highest BCUT2D eigenvalue weighted by molar-refractivity contribution is 6.30. The van der Waals surface area contributed by atoms with Crippen molar-refractivity contribution >= 4 is 11.6 Å². The summed E-state index contributed by atoms with van der Waals surface area (Å²) in [5.41, 5.74) is 0.686. The van der Waals surface area contributed by atoms with Gasteiger partial charge in [0.2, 0.25) is 5.88 Å². The Morgan fingerprint density at radius 1 is 1.69 bits per heavy atom. The summed E-state index contributed by atoms with van der Waals surface area (Å²) in [7, 11) is 0. The van der Waals surface area contributed by atoms with Crippen molar-refractivity contribution in [2.45, 2.75) is 25.6 Å². The topological polar surface area (TPSA) is 42.4 Å².